The zero-order valence-corrected chi connectivity index (χ0v) is 23.0. The number of hydrogen-bond donors (Lipinski definition) is 0. The molecule has 0 aliphatic rings. The first-order valence-electron chi connectivity index (χ1n) is 11.4. The summed E-state index contributed by atoms with van der Waals surface area (Å²) in [7, 11) is 0. The first kappa shape index (κ1) is 26.1. The van der Waals surface area contributed by atoms with Crippen molar-refractivity contribution in [3.05, 3.63) is 132 Å². The number of halogens is 2. The molecule has 0 atom stereocenters. The van der Waals surface area contributed by atoms with E-state index in [-0.39, 0.29) is 22.6 Å². The Kier molecular flexibility index (Phi) is 7.44. The number of rotatable bonds is 6. The fraction of sp³-hybridized carbons (Fsp3) is 0. The molecule has 0 unspecified atom stereocenters. The molecular formula is C28H16Br2N4O5. The molecule has 0 N–H and O–H groups in total. The van der Waals surface area contributed by atoms with E-state index in [9.17, 15) is 19.7 Å². The number of nitro benzene ring substituents is 1. The molecule has 1 aromatic heterocycles. The van der Waals surface area contributed by atoms with E-state index in [1.807, 2.05) is 36.4 Å². The van der Waals surface area contributed by atoms with Crippen LogP contribution in [0.5, 0.6) is 5.75 Å². The molecule has 0 radical (unpaired) electrons. The third-order valence-electron chi connectivity index (χ3n) is 5.64. The lowest BCUT2D eigenvalue weighted by Crippen LogP contribution is -2.20. The van der Waals surface area contributed by atoms with Crippen LogP contribution in [0.15, 0.2) is 110 Å². The van der Waals surface area contributed by atoms with Gasteiger partial charge in [0, 0.05) is 27.7 Å². The predicted molar refractivity (Wildman–Crippen MR) is 154 cm³/mol. The molecule has 0 saturated heterocycles. The maximum atomic E-state index is 13.5. The Balaban J connectivity index is 1.58. The van der Waals surface area contributed by atoms with Gasteiger partial charge in [0.25, 0.3) is 11.2 Å². The quantitative estimate of drug-likeness (QED) is 0.0674. The van der Waals surface area contributed by atoms with Crippen molar-refractivity contribution in [2.24, 2.45) is 5.10 Å². The molecule has 9 nitrogen and oxygen atoms in total. The second-order valence-corrected chi connectivity index (χ2v) is 9.95. The average Bonchev–Trinajstić information content (AvgIpc) is 2.94. The number of ether oxygens (including phenoxy) is 1. The van der Waals surface area contributed by atoms with Crippen molar-refractivity contribution in [2.45, 2.75) is 0 Å². The zero-order valence-electron chi connectivity index (χ0n) is 19.8. The van der Waals surface area contributed by atoms with E-state index >= 15 is 0 Å². The molecule has 0 aliphatic carbocycles. The van der Waals surface area contributed by atoms with Gasteiger partial charge in [0.1, 0.15) is 0 Å². The fourth-order valence-electron chi connectivity index (χ4n) is 3.78. The van der Waals surface area contributed by atoms with Crippen LogP contribution in [0.2, 0.25) is 0 Å². The van der Waals surface area contributed by atoms with Gasteiger partial charge in [-0.15, -0.1) is 0 Å². The van der Waals surface area contributed by atoms with E-state index in [2.05, 4.69) is 41.9 Å². The molecule has 0 bridgehead atoms. The molecule has 5 rings (SSSR count). The van der Waals surface area contributed by atoms with Crippen LogP contribution in [-0.2, 0) is 0 Å². The van der Waals surface area contributed by atoms with Crippen molar-refractivity contribution in [3.8, 4) is 17.1 Å². The number of aromatic nitrogens is 2. The van der Waals surface area contributed by atoms with Crippen molar-refractivity contribution in [1.82, 2.24) is 9.66 Å². The van der Waals surface area contributed by atoms with Crippen LogP contribution in [0.3, 0.4) is 0 Å². The number of nitro groups is 1. The van der Waals surface area contributed by atoms with Crippen LogP contribution in [0.25, 0.3) is 22.3 Å². The van der Waals surface area contributed by atoms with Gasteiger partial charge in [0.15, 0.2) is 11.6 Å². The molecule has 0 fully saturated rings. The summed E-state index contributed by atoms with van der Waals surface area (Å²) in [5.74, 6) is -0.237. The summed E-state index contributed by atoms with van der Waals surface area (Å²) < 4.78 is 7.96. The second-order valence-electron chi connectivity index (χ2n) is 8.18. The van der Waals surface area contributed by atoms with Gasteiger partial charge in [-0.25, -0.2) is 9.78 Å². The maximum Gasteiger partial charge on any atom is 0.343 e. The minimum absolute atomic E-state index is 0.125. The van der Waals surface area contributed by atoms with Gasteiger partial charge >= 0.3 is 5.97 Å². The Hall–Kier alpha value is -4.48. The van der Waals surface area contributed by atoms with Gasteiger partial charge in [-0.05, 0) is 52.3 Å². The molecule has 39 heavy (non-hydrogen) atoms. The summed E-state index contributed by atoms with van der Waals surface area (Å²) in [5, 5.41) is 15.8. The van der Waals surface area contributed by atoms with Crippen molar-refractivity contribution < 1.29 is 14.5 Å². The monoisotopic (exact) mass is 646 g/mol. The first-order chi connectivity index (χ1) is 18.8. The molecule has 0 aliphatic heterocycles. The summed E-state index contributed by atoms with van der Waals surface area (Å²) in [6, 6.07) is 24.6. The third-order valence-corrected chi connectivity index (χ3v) is 6.69. The normalized spacial score (nSPS) is 11.1. The maximum absolute atomic E-state index is 13.5. The highest BCUT2D eigenvalue weighted by Gasteiger charge is 2.17. The highest BCUT2D eigenvalue weighted by atomic mass is 79.9. The van der Waals surface area contributed by atoms with Gasteiger partial charge < -0.3 is 4.74 Å². The highest BCUT2D eigenvalue weighted by Crippen LogP contribution is 2.33. The summed E-state index contributed by atoms with van der Waals surface area (Å²) in [6.45, 7) is 0. The molecule has 5 aromatic rings. The van der Waals surface area contributed by atoms with E-state index in [0.29, 0.717) is 36.8 Å². The standard InChI is InChI=1S/C28H16Br2N4O5/c29-20-14-19(25(23(30)15-20)39-28(36)18-10-12-21(13-11-18)34(37)38)16-31-33-26(17-6-2-1-3-7-17)32-24-9-5-4-8-22(24)27(33)35/h1-16H. The molecule has 0 saturated carbocycles. The van der Waals surface area contributed by atoms with Crippen LogP contribution in [0.4, 0.5) is 5.69 Å². The second kappa shape index (κ2) is 11.1. The number of non-ortho nitro benzene ring substituents is 1. The van der Waals surface area contributed by atoms with Crippen LogP contribution in [0.1, 0.15) is 15.9 Å². The SMILES string of the molecule is O=C(Oc1c(Br)cc(Br)cc1C=Nn1c(-c2ccccc2)nc2ccccc2c1=O)c1ccc([N+](=O)[O-])cc1. The summed E-state index contributed by atoms with van der Waals surface area (Å²) in [5.41, 5.74) is 1.22. The fourth-order valence-corrected chi connectivity index (χ4v) is 5.12. The number of carbonyl (C=O) groups is 1. The topological polar surface area (TPSA) is 117 Å². The molecule has 4 aromatic carbocycles. The van der Waals surface area contributed by atoms with Gasteiger partial charge in [-0.1, -0.05) is 58.4 Å². The minimum atomic E-state index is -0.725. The van der Waals surface area contributed by atoms with Gasteiger partial charge in [0.05, 0.1) is 32.1 Å². The summed E-state index contributed by atoms with van der Waals surface area (Å²) in [6.07, 6.45) is 1.40. The van der Waals surface area contributed by atoms with Crippen LogP contribution < -0.4 is 10.3 Å². The predicted octanol–water partition coefficient (Wildman–Crippen LogP) is 6.60. The lowest BCUT2D eigenvalue weighted by Gasteiger charge is -2.12. The van der Waals surface area contributed by atoms with Gasteiger partial charge in [-0.2, -0.15) is 9.78 Å². The number of fused-ring (bicyclic) bond motifs is 1. The Morgan fingerprint density at radius 1 is 0.974 bits per heavy atom. The van der Waals surface area contributed by atoms with Gasteiger partial charge in [-0.3, -0.25) is 14.9 Å². The van der Waals surface area contributed by atoms with Crippen LogP contribution >= 0.6 is 31.9 Å². The Labute approximate surface area is 237 Å². The minimum Gasteiger partial charge on any atom is -0.421 e. The van der Waals surface area contributed by atoms with Crippen molar-refractivity contribution >= 4 is 60.6 Å². The number of esters is 1. The first-order valence-corrected chi connectivity index (χ1v) is 13.0. The van der Waals surface area contributed by atoms with Crippen molar-refractivity contribution in [1.29, 1.82) is 0 Å². The smallest absolute Gasteiger partial charge is 0.343 e. The van der Waals surface area contributed by atoms with Crippen LogP contribution in [-0.4, -0.2) is 26.8 Å². The van der Waals surface area contributed by atoms with E-state index in [1.165, 1.54) is 35.2 Å². The Morgan fingerprint density at radius 3 is 2.38 bits per heavy atom. The average molecular weight is 648 g/mol. The lowest BCUT2D eigenvalue weighted by atomic mass is 10.2. The molecular weight excluding hydrogens is 632 g/mol. The van der Waals surface area contributed by atoms with E-state index in [0.717, 1.165) is 0 Å². The number of carbonyl (C=O) groups excluding carboxylic acids is 1. The van der Waals surface area contributed by atoms with Crippen molar-refractivity contribution in [2.75, 3.05) is 0 Å². The Morgan fingerprint density at radius 2 is 1.67 bits per heavy atom. The van der Waals surface area contributed by atoms with E-state index in [4.69, 9.17) is 4.74 Å². The highest BCUT2D eigenvalue weighted by molar-refractivity contribution is 9.11. The molecule has 11 heteroatoms. The molecule has 0 spiro atoms. The Bertz CT molecular complexity index is 1820. The van der Waals surface area contributed by atoms with E-state index in [1.54, 1.807) is 30.3 Å². The molecule has 1 heterocycles. The lowest BCUT2D eigenvalue weighted by molar-refractivity contribution is -0.384. The number of hydrogen-bond acceptors (Lipinski definition) is 7. The summed E-state index contributed by atoms with van der Waals surface area (Å²) in [4.78, 5) is 41.4. The van der Waals surface area contributed by atoms with Crippen LogP contribution in [0, 0.1) is 10.1 Å². The van der Waals surface area contributed by atoms with Crippen molar-refractivity contribution in [3.63, 3.8) is 0 Å². The number of nitrogens with zero attached hydrogens (tertiary/aromatic N) is 4. The largest absolute Gasteiger partial charge is 0.421 e. The number of benzene rings is 4. The third kappa shape index (κ3) is 5.54. The van der Waals surface area contributed by atoms with Gasteiger partial charge in [0.2, 0.25) is 0 Å². The number of para-hydroxylation sites is 1. The summed E-state index contributed by atoms with van der Waals surface area (Å²) >= 11 is 6.84. The molecule has 0 amide bonds. The molecule has 192 valence electrons. The zero-order chi connectivity index (χ0) is 27.5. The van der Waals surface area contributed by atoms with E-state index < -0.39 is 10.9 Å².